The van der Waals surface area contributed by atoms with Crippen LogP contribution < -0.4 is 5.32 Å². The van der Waals surface area contributed by atoms with E-state index in [1.807, 2.05) is 37.3 Å². The highest BCUT2D eigenvalue weighted by atomic mass is 32.1. The van der Waals surface area contributed by atoms with Crippen molar-refractivity contribution in [1.82, 2.24) is 0 Å². The third-order valence-corrected chi connectivity index (χ3v) is 5.94. The molecule has 0 aliphatic heterocycles. The molecular weight excluding hydrogens is 348 g/mol. The van der Waals surface area contributed by atoms with Crippen LogP contribution in [-0.4, -0.2) is 17.0 Å². The smallest absolute Gasteiger partial charge is 0.307 e. The number of anilines is 1. The Bertz CT molecular complexity index is 867. The minimum absolute atomic E-state index is 0.297. The SMILES string of the molecule is Cc1sc(NC(=O)[C@H]2CCCC[C@H]2C(=O)O)c(C#N)c1-c1ccccc1. The second-order valence-corrected chi connectivity index (χ2v) is 7.76. The van der Waals surface area contributed by atoms with Gasteiger partial charge in [-0.15, -0.1) is 11.3 Å². The largest absolute Gasteiger partial charge is 0.481 e. The van der Waals surface area contributed by atoms with Crippen molar-refractivity contribution in [2.75, 3.05) is 5.32 Å². The molecule has 0 radical (unpaired) electrons. The number of rotatable bonds is 4. The van der Waals surface area contributed by atoms with Gasteiger partial charge in [0, 0.05) is 10.4 Å². The minimum Gasteiger partial charge on any atom is -0.481 e. The van der Waals surface area contributed by atoms with E-state index in [4.69, 9.17) is 0 Å². The van der Waals surface area contributed by atoms with Crippen LogP contribution in [0.15, 0.2) is 30.3 Å². The molecule has 1 aromatic carbocycles. The zero-order valence-electron chi connectivity index (χ0n) is 14.5. The van der Waals surface area contributed by atoms with E-state index in [0.29, 0.717) is 23.4 Å². The molecule has 0 unspecified atom stereocenters. The Morgan fingerprint density at radius 3 is 2.46 bits per heavy atom. The van der Waals surface area contributed by atoms with Gasteiger partial charge in [0.25, 0.3) is 0 Å². The van der Waals surface area contributed by atoms with Gasteiger partial charge in [-0.05, 0) is 25.3 Å². The zero-order valence-corrected chi connectivity index (χ0v) is 15.3. The number of hydrogen-bond donors (Lipinski definition) is 2. The summed E-state index contributed by atoms with van der Waals surface area (Å²) in [6.07, 6.45) is 2.78. The van der Waals surface area contributed by atoms with Crippen molar-refractivity contribution in [3.05, 3.63) is 40.8 Å². The lowest BCUT2D eigenvalue weighted by Gasteiger charge is -2.27. The van der Waals surface area contributed by atoms with Gasteiger partial charge in [0.1, 0.15) is 11.1 Å². The number of benzene rings is 1. The van der Waals surface area contributed by atoms with Gasteiger partial charge in [0.15, 0.2) is 0 Å². The number of amides is 1. The van der Waals surface area contributed by atoms with Crippen LogP contribution in [0.4, 0.5) is 5.00 Å². The molecule has 26 heavy (non-hydrogen) atoms. The predicted octanol–water partition coefficient (Wildman–Crippen LogP) is 4.42. The molecule has 0 bridgehead atoms. The van der Waals surface area contributed by atoms with Crippen molar-refractivity contribution in [2.24, 2.45) is 11.8 Å². The van der Waals surface area contributed by atoms with E-state index in [1.165, 1.54) is 11.3 Å². The lowest BCUT2D eigenvalue weighted by Crippen LogP contribution is -2.36. The van der Waals surface area contributed by atoms with Crippen LogP contribution in [0.1, 0.15) is 36.1 Å². The second kappa shape index (κ2) is 7.71. The van der Waals surface area contributed by atoms with Gasteiger partial charge in [-0.1, -0.05) is 43.2 Å². The van der Waals surface area contributed by atoms with E-state index in [1.54, 1.807) is 0 Å². The lowest BCUT2D eigenvalue weighted by atomic mass is 9.79. The summed E-state index contributed by atoms with van der Waals surface area (Å²) in [6, 6.07) is 11.8. The molecule has 0 saturated heterocycles. The first kappa shape index (κ1) is 18.2. The highest BCUT2D eigenvalue weighted by molar-refractivity contribution is 7.17. The van der Waals surface area contributed by atoms with Crippen LogP contribution >= 0.6 is 11.3 Å². The van der Waals surface area contributed by atoms with E-state index in [0.717, 1.165) is 28.8 Å². The Kier molecular flexibility index (Phi) is 5.38. The summed E-state index contributed by atoms with van der Waals surface area (Å²) in [6.45, 7) is 1.92. The van der Waals surface area contributed by atoms with Gasteiger partial charge >= 0.3 is 5.97 Å². The molecule has 1 saturated carbocycles. The Balaban J connectivity index is 1.90. The quantitative estimate of drug-likeness (QED) is 0.835. The molecule has 134 valence electrons. The first-order valence-corrected chi connectivity index (χ1v) is 9.47. The van der Waals surface area contributed by atoms with Crippen molar-refractivity contribution in [2.45, 2.75) is 32.6 Å². The van der Waals surface area contributed by atoms with Crippen LogP contribution in [0.5, 0.6) is 0 Å². The van der Waals surface area contributed by atoms with Crippen LogP contribution in [0.2, 0.25) is 0 Å². The molecule has 2 aromatic rings. The number of hydrogen-bond acceptors (Lipinski definition) is 4. The fraction of sp³-hybridized carbons (Fsp3) is 0.350. The summed E-state index contributed by atoms with van der Waals surface area (Å²) in [4.78, 5) is 25.1. The molecule has 1 aliphatic rings. The number of nitrogens with zero attached hydrogens (tertiary/aromatic N) is 1. The van der Waals surface area contributed by atoms with E-state index >= 15 is 0 Å². The van der Waals surface area contributed by atoms with Gasteiger partial charge in [0.2, 0.25) is 5.91 Å². The summed E-state index contributed by atoms with van der Waals surface area (Å²) >= 11 is 1.36. The molecule has 2 N–H and O–H groups in total. The Hall–Kier alpha value is -2.65. The number of carbonyl (C=O) groups is 2. The fourth-order valence-electron chi connectivity index (χ4n) is 3.64. The van der Waals surface area contributed by atoms with E-state index in [9.17, 15) is 20.0 Å². The maximum atomic E-state index is 12.7. The van der Waals surface area contributed by atoms with Crippen LogP contribution in [-0.2, 0) is 9.59 Å². The lowest BCUT2D eigenvalue weighted by molar-refractivity contribution is -0.147. The number of nitriles is 1. The number of aryl methyl sites for hydroxylation is 1. The second-order valence-electron chi connectivity index (χ2n) is 6.54. The topological polar surface area (TPSA) is 90.2 Å². The van der Waals surface area contributed by atoms with Crippen LogP contribution in [0.3, 0.4) is 0 Å². The van der Waals surface area contributed by atoms with Crippen molar-refractivity contribution in [1.29, 1.82) is 5.26 Å². The molecule has 3 rings (SSSR count). The maximum absolute atomic E-state index is 12.7. The van der Waals surface area contributed by atoms with Crippen molar-refractivity contribution >= 4 is 28.2 Å². The molecular formula is C20H20N2O3S. The number of carbonyl (C=O) groups excluding carboxylic acids is 1. The summed E-state index contributed by atoms with van der Waals surface area (Å²) < 4.78 is 0. The number of carboxylic acid groups (broad SMARTS) is 1. The highest BCUT2D eigenvalue weighted by Gasteiger charge is 2.36. The fourth-order valence-corrected chi connectivity index (χ4v) is 4.67. The Labute approximate surface area is 156 Å². The van der Waals surface area contributed by atoms with Gasteiger partial charge in [-0.3, -0.25) is 9.59 Å². The highest BCUT2D eigenvalue weighted by Crippen LogP contribution is 2.40. The van der Waals surface area contributed by atoms with Gasteiger partial charge in [-0.2, -0.15) is 5.26 Å². The molecule has 0 spiro atoms. The Morgan fingerprint density at radius 1 is 1.19 bits per heavy atom. The predicted molar refractivity (Wildman–Crippen MR) is 101 cm³/mol. The standard InChI is InChI=1S/C20H20N2O3S/c1-12-17(13-7-3-2-4-8-13)16(11-21)19(26-12)22-18(23)14-9-5-6-10-15(14)20(24)25/h2-4,7-8,14-15H,5-6,9-10H2,1H3,(H,22,23)(H,24,25)/t14-,15+/m0/s1. The third kappa shape index (κ3) is 3.49. The summed E-state index contributed by atoms with van der Waals surface area (Å²) in [5.41, 5.74) is 2.20. The van der Waals surface area contributed by atoms with Crippen molar-refractivity contribution < 1.29 is 14.7 Å². The van der Waals surface area contributed by atoms with Crippen LogP contribution in [0.25, 0.3) is 11.1 Å². The molecule has 2 atom stereocenters. The normalized spacial score (nSPS) is 19.5. The first-order chi connectivity index (χ1) is 12.5. The average molecular weight is 368 g/mol. The monoisotopic (exact) mass is 368 g/mol. The number of aliphatic carboxylic acids is 1. The molecule has 1 heterocycles. The number of carboxylic acids is 1. The molecule has 1 aliphatic carbocycles. The van der Waals surface area contributed by atoms with Crippen molar-refractivity contribution in [3.63, 3.8) is 0 Å². The van der Waals surface area contributed by atoms with Gasteiger partial charge < -0.3 is 10.4 Å². The van der Waals surface area contributed by atoms with Crippen LogP contribution in [0, 0.1) is 30.1 Å². The van der Waals surface area contributed by atoms with E-state index in [-0.39, 0.29) is 5.91 Å². The molecule has 5 nitrogen and oxygen atoms in total. The summed E-state index contributed by atoms with van der Waals surface area (Å²) in [5.74, 6) is -2.41. The van der Waals surface area contributed by atoms with Gasteiger partial charge in [0.05, 0.1) is 17.4 Å². The number of nitrogens with one attached hydrogen (secondary N) is 1. The van der Waals surface area contributed by atoms with E-state index < -0.39 is 17.8 Å². The Morgan fingerprint density at radius 2 is 1.85 bits per heavy atom. The van der Waals surface area contributed by atoms with Crippen molar-refractivity contribution in [3.8, 4) is 17.2 Å². The number of thiophene rings is 1. The van der Waals surface area contributed by atoms with E-state index in [2.05, 4.69) is 11.4 Å². The summed E-state index contributed by atoms with van der Waals surface area (Å²) in [7, 11) is 0. The zero-order chi connectivity index (χ0) is 18.7. The third-order valence-electron chi connectivity index (χ3n) is 4.92. The molecule has 1 fully saturated rings. The van der Waals surface area contributed by atoms with Gasteiger partial charge in [-0.25, -0.2) is 0 Å². The minimum atomic E-state index is -0.919. The molecule has 6 heteroatoms. The molecule has 1 amide bonds. The molecule has 1 aromatic heterocycles. The maximum Gasteiger partial charge on any atom is 0.307 e. The first-order valence-electron chi connectivity index (χ1n) is 8.65. The average Bonchev–Trinajstić information content (AvgIpc) is 2.97. The summed E-state index contributed by atoms with van der Waals surface area (Å²) in [5, 5.41) is 22.4.